The van der Waals surface area contributed by atoms with Gasteiger partial charge < -0.3 is 14.1 Å². The van der Waals surface area contributed by atoms with E-state index >= 15 is 0 Å². The highest BCUT2D eigenvalue weighted by Crippen LogP contribution is 2.47. The van der Waals surface area contributed by atoms with Gasteiger partial charge in [-0.2, -0.15) is 0 Å². The van der Waals surface area contributed by atoms with Crippen LogP contribution in [0.25, 0.3) is 22.6 Å². The Balaban J connectivity index is 1.24. The Morgan fingerprint density at radius 2 is 1.76 bits per heavy atom. The van der Waals surface area contributed by atoms with Crippen molar-refractivity contribution in [3.63, 3.8) is 0 Å². The molecule has 0 aliphatic carbocycles. The van der Waals surface area contributed by atoms with Gasteiger partial charge >= 0.3 is 5.97 Å². The first kappa shape index (κ1) is 31.6. The molecule has 0 atom stereocenters. The predicted octanol–water partition coefficient (Wildman–Crippen LogP) is 8.57. The minimum Gasteiger partial charge on any atom is -0.463 e. The van der Waals surface area contributed by atoms with E-state index in [9.17, 15) is 9.59 Å². The number of carbonyl (C=O) groups is 2. The predicted molar refractivity (Wildman–Crippen MR) is 189 cm³/mol. The van der Waals surface area contributed by atoms with Crippen molar-refractivity contribution < 1.29 is 18.7 Å². The molecule has 10 heteroatoms. The molecule has 1 amide bonds. The van der Waals surface area contributed by atoms with Crippen LogP contribution < -0.4 is 9.80 Å². The molecule has 0 radical (unpaired) electrons. The smallest absolute Gasteiger partial charge is 0.306 e. The zero-order valence-corrected chi connectivity index (χ0v) is 27.8. The van der Waals surface area contributed by atoms with Gasteiger partial charge in [-0.05, 0) is 88.2 Å². The number of hydrogen-bond acceptors (Lipinski definition) is 9. The fourth-order valence-corrected chi connectivity index (χ4v) is 6.91. The van der Waals surface area contributed by atoms with Crippen LogP contribution in [0.1, 0.15) is 46.5 Å². The molecule has 0 saturated carbocycles. The van der Waals surface area contributed by atoms with E-state index in [1.165, 1.54) is 11.8 Å². The van der Waals surface area contributed by atoms with E-state index in [4.69, 9.17) is 26.4 Å². The molecular formula is C36H36N4O4S2. The second kappa shape index (κ2) is 13.9. The third kappa shape index (κ3) is 6.59. The Hall–Kier alpha value is -4.41. The molecule has 0 spiro atoms. The van der Waals surface area contributed by atoms with Crippen LogP contribution in [-0.2, 0) is 14.3 Å². The molecule has 1 fully saturated rings. The Morgan fingerprint density at radius 1 is 0.978 bits per heavy atom. The Labute approximate surface area is 278 Å². The third-order valence-corrected chi connectivity index (χ3v) is 9.17. The number of thioether (sulfide) groups is 1. The number of rotatable bonds is 11. The van der Waals surface area contributed by atoms with Crippen molar-refractivity contribution in [2.24, 2.45) is 0 Å². The number of unbranched alkanes of at least 4 members (excludes halogenated alkanes) is 2. The molecular weight excluding hydrogens is 617 g/mol. The van der Waals surface area contributed by atoms with Crippen LogP contribution >= 0.6 is 24.0 Å². The van der Waals surface area contributed by atoms with Crippen LogP contribution in [0.15, 0.2) is 100 Å². The lowest BCUT2D eigenvalue weighted by Crippen LogP contribution is -2.29. The van der Waals surface area contributed by atoms with E-state index in [0.717, 1.165) is 58.8 Å². The number of fused-ring (bicyclic) bond motifs is 2. The van der Waals surface area contributed by atoms with Gasteiger partial charge in [0.1, 0.15) is 15.7 Å². The molecule has 0 bridgehead atoms. The number of anilines is 3. The van der Waals surface area contributed by atoms with E-state index in [1.54, 1.807) is 4.90 Å². The Kier molecular flexibility index (Phi) is 9.56. The number of benzene rings is 3. The summed E-state index contributed by atoms with van der Waals surface area (Å²) in [6.45, 7) is 7.04. The maximum atomic E-state index is 13.4. The number of carbonyl (C=O) groups excluding carboxylic acids is 2. The average Bonchev–Trinajstić information content (AvgIpc) is 3.70. The monoisotopic (exact) mass is 652 g/mol. The van der Waals surface area contributed by atoms with Crippen molar-refractivity contribution in [2.75, 3.05) is 22.9 Å². The van der Waals surface area contributed by atoms with Crippen LogP contribution in [0.4, 0.5) is 17.1 Å². The van der Waals surface area contributed by atoms with Gasteiger partial charge in [0.05, 0.1) is 22.4 Å². The normalized spacial score (nSPS) is 16.5. The highest BCUT2D eigenvalue weighted by Gasteiger charge is 2.34. The minimum atomic E-state index is -0.182. The fraction of sp³-hybridized carbons (Fsp3) is 0.278. The lowest BCUT2D eigenvalue weighted by molar-refractivity contribution is -0.147. The average molecular weight is 653 g/mol. The Morgan fingerprint density at radius 3 is 2.52 bits per heavy atom. The van der Waals surface area contributed by atoms with Gasteiger partial charge in [-0.25, -0.2) is 4.98 Å². The summed E-state index contributed by atoms with van der Waals surface area (Å²) in [4.78, 5) is 36.6. The lowest BCUT2D eigenvalue weighted by atomic mass is 10.1. The van der Waals surface area contributed by atoms with Gasteiger partial charge in [-0.3, -0.25) is 19.4 Å². The van der Waals surface area contributed by atoms with Crippen molar-refractivity contribution in [1.82, 2.24) is 9.88 Å². The molecule has 3 heterocycles. The summed E-state index contributed by atoms with van der Waals surface area (Å²) >= 11 is 6.92. The standard InChI is InChI=1S/C36H36N4O4S2/c1-4-38-29-23-25(34-37-27-15-10-11-16-30(27)44-34)18-19-28(29)40(26-13-7-5-8-14-26)32(38)21-20-31-35(42)39(36(45)46-31)22-12-6-9-17-33(41)43-24(2)3/h5,7-8,10-11,13-16,18-21,23-24H,4,6,9,12,17,22H2,1-3H3. The number of allylic oxidation sites excluding steroid dienone is 2. The van der Waals surface area contributed by atoms with Crippen LogP contribution in [0.5, 0.6) is 0 Å². The maximum absolute atomic E-state index is 13.4. The number of oxazole rings is 1. The highest BCUT2D eigenvalue weighted by molar-refractivity contribution is 8.26. The van der Waals surface area contributed by atoms with Crippen LogP contribution in [-0.4, -0.2) is 45.3 Å². The van der Waals surface area contributed by atoms with Crippen molar-refractivity contribution in [3.05, 3.63) is 95.7 Å². The molecule has 1 aromatic heterocycles. The van der Waals surface area contributed by atoms with Crippen LogP contribution in [0.2, 0.25) is 0 Å². The van der Waals surface area contributed by atoms with Crippen LogP contribution in [0, 0.1) is 0 Å². The topological polar surface area (TPSA) is 79.1 Å². The maximum Gasteiger partial charge on any atom is 0.306 e. The fourth-order valence-electron chi connectivity index (χ4n) is 5.67. The lowest BCUT2D eigenvalue weighted by Gasteiger charge is -2.24. The molecule has 3 aromatic carbocycles. The van der Waals surface area contributed by atoms with E-state index in [0.29, 0.717) is 34.6 Å². The van der Waals surface area contributed by atoms with Crippen molar-refractivity contribution in [3.8, 4) is 11.5 Å². The van der Waals surface area contributed by atoms with Gasteiger partial charge in [-0.15, -0.1) is 0 Å². The number of para-hydroxylation sites is 3. The van der Waals surface area contributed by atoms with E-state index < -0.39 is 0 Å². The summed E-state index contributed by atoms with van der Waals surface area (Å²) in [5.41, 5.74) is 5.52. The van der Waals surface area contributed by atoms with Gasteiger partial charge in [0.25, 0.3) is 5.91 Å². The Bertz CT molecular complexity index is 1800. The second-order valence-electron chi connectivity index (χ2n) is 11.3. The first-order valence-corrected chi connectivity index (χ1v) is 16.8. The van der Waals surface area contributed by atoms with Crippen molar-refractivity contribution >= 4 is 68.3 Å². The molecule has 2 aliphatic heterocycles. The second-order valence-corrected chi connectivity index (χ2v) is 13.0. The molecule has 0 unspecified atom stereocenters. The van der Waals surface area contributed by atoms with Crippen LogP contribution in [0.3, 0.4) is 0 Å². The number of nitrogens with zero attached hydrogens (tertiary/aromatic N) is 4. The highest BCUT2D eigenvalue weighted by atomic mass is 32.2. The quantitative estimate of drug-likeness (QED) is 0.0685. The number of thiocarbonyl (C=S) groups is 1. The number of ether oxygens (including phenoxy) is 1. The van der Waals surface area contributed by atoms with Gasteiger partial charge in [0, 0.05) is 30.8 Å². The summed E-state index contributed by atoms with van der Waals surface area (Å²) in [7, 11) is 0. The molecule has 46 heavy (non-hydrogen) atoms. The largest absolute Gasteiger partial charge is 0.463 e. The first-order valence-electron chi connectivity index (χ1n) is 15.6. The van der Waals surface area contributed by atoms with Gasteiger partial charge in [0.15, 0.2) is 5.58 Å². The SMILES string of the molecule is CCN1C(=CC=C2SC(=S)N(CCCCCC(=O)OC(C)C)C2=O)N(c2ccccc2)c2ccc(-c3nc4ccccc4o3)cc21. The molecule has 6 rings (SSSR count). The molecule has 1 saturated heterocycles. The molecule has 2 aliphatic rings. The summed E-state index contributed by atoms with van der Waals surface area (Å²) in [5.74, 6) is 1.23. The third-order valence-electron chi connectivity index (χ3n) is 7.77. The van der Waals surface area contributed by atoms with Gasteiger partial charge in [-0.1, -0.05) is 60.7 Å². The number of amides is 1. The number of esters is 1. The van der Waals surface area contributed by atoms with Gasteiger partial charge in [0.2, 0.25) is 5.89 Å². The molecule has 4 aromatic rings. The summed E-state index contributed by atoms with van der Waals surface area (Å²) in [6, 6.07) is 24.2. The minimum absolute atomic E-state index is 0.0888. The molecule has 0 N–H and O–H groups in total. The van der Waals surface area contributed by atoms with Crippen molar-refractivity contribution in [1.29, 1.82) is 0 Å². The van der Waals surface area contributed by atoms with Crippen molar-refractivity contribution in [2.45, 2.75) is 52.6 Å². The summed E-state index contributed by atoms with van der Waals surface area (Å²) < 4.78 is 11.8. The summed E-state index contributed by atoms with van der Waals surface area (Å²) in [6.07, 6.45) is 6.45. The number of aromatic nitrogens is 1. The first-order chi connectivity index (χ1) is 22.3. The van der Waals surface area contributed by atoms with E-state index in [2.05, 4.69) is 41.0 Å². The summed E-state index contributed by atoms with van der Waals surface area (Å²) in [5, 5.41) is 0. The van der Waals surface area contributed by atoms with E-state index in [-0.39, 0.29) is 18.0 Å². The zero-order valence-electron chi connectivity index (χ0n) is 26.1. The zero-order chi connectivity index (χ0) is 32.2. The number of hydrogen-bond donors (Lipinski definition) is 0. The van der Waals surface area contributed by atoms with E-state index in [1.807, 2.05) is 74.5 Å². The molecule has 236 valence electrons. The molecule has 8 nitrogen and oxygen atoms in total.